The molecule has 9 heteroatoms. The summed E-state index contributed by atoms with van der Waals surface area (Å²) in [5.41, 5.74) is 3.42. The summed E-state index contributed by atoms with van der Waals surface area (Å²) in [5.74, 6) is -0.429. The SMILES string of the molecule is Cc1cc(C)cc(N(CCCC(=O)N(Cc2cccc(Br)c2)[C@@H](C)C(=O)NC(C)C)S(C)(=O)=O)c1. The summed E-state index contributed by atoms with van der Waals surface area (Å²) in [5, 5.41) is 2.87. The average molecular weight is 567 g/mol. The fraction of sp³-hybridized carbons (Fsp3) is 0.462. The number of carbonyl (C=O) groups is 2. The molecule has 0 aliphatic rings. The van der Waals surface area contributed by atoms with Crippen LogP contribution in [0.2, 0.25) is 0 Å². The van der Waals surface area contributed by atoms with Gasteiger partial charge in [0.25, 0.3) is 0 Å². The number of benzene rings is 2. The van der Waals surface area contributed by atoms with Crippen molar-refractivity contribution in [3.05, 3.63) is 63.6 Å². The van der Waals surface area contributed by atoms with E-state index in [0.717, 1.165) is 21.2 Å². The summed E-state index contributed by atoms with van der Waals surface area (Å²) in [6, 6.07) is 12.5. The Morgan fingerprint density at radius 3 is 2.20 bits per heavy atom. The molecule has 0 unspecified atom stereocenters. The van der Waals surface area contributed by atoms with Crippen molar-refractivity contribution in [2.24, 2.45) is 0 Å². The maximum atomic E-state index is 13.3. The molecule has 1 N–H and O–H groups in total. The van der Waals surface area contributed by atoms with Gasteiger partial charge in [-0.05, 0) is 82.0 Å². The largest absolute Gasteiger partial charge is 0.352 e. The zero-order valence-corrected chi connectivity index (χ0v) is 23.7. The monoisotopic (exact) mass is 565 g/mol. The fourth-order valence-corrected chi connectivity index (χ4v) is 5.31. The third-order valence-electron chi connectivity index (χ3n) is 5.49. The minimum atomic E-state index is -3.53. The van der Waals surface area contributed by atoms with Crippen LogP contribution in [0.1, 0.15) is 50.3 Å². The van der Waals surface area contributed by atoms with Gasteiger partial charge in [0.15, 0.2) is 0 Å². The first-order chi connectivity index (χ1) is 16.3. The second kappa shape index (κ2) is 12.5. The van der Waals surface area contributed by atoms with Crippen molar-refractivity contribution < 1.29 is 18.0 Å². The topological polar surface area (TPSA) is 86.8 Å². The number of sulfonamides is 1. The first kappa shape index (κ1) is 28.8. The van der Waals surface area contributed by atoms with Gasteiger partial charge in [-0.15, -0.1) is 0 Å². The molecule has 0 saturated heterocycles. The van der Waals surface area contributed by atoms with E-state index in [0.29, 0.717) is 12.1 Å². The van der Waals surface area contributed by atoms with E-state index in [9.17, 15) is 18.0 Å². The van der Waals surface area contributed by atoms with Crippen LogP contribution in [-0.2, 0) is 26.2 Å². The van der Waals surface area contributed by atoms with E-state index < -0.39 is 16.1 Å². The van der Waals surface area contributed by atoms with E-state index in [1.807, 2.05) is 70.2 Å². The first-order valence-corrected chi connectivity index (χ1v) is 14.3. The minimum absolute atomic E-state index is 0.0473. The molecule has 1 atom stereocenters. The van der Waals surface area contributed by atoms with Gasteiger partial charge < -0.3 is 10.2 Å². The number of anilines is 1. The number of hydrogen-bond acceptors (Lipinski definition) is 4. The van der Waals surface area contributed by atoms with Crippen LogP contribution in [0.4, 0.5) is 5.69 Å². The van der Waals surface area contributed by atoms with Crippen molar-refractivity contribution in [1.29, 1.82) is 0 Å². The molecule has 0 fully saturated rings. The van der Waals surface area contributed by atoms with Gasteiger partial charge >= 0.3 is 0 Å². The summed E-state index contributed by atoms with van der Waals surface area (Å²) in [4.78, 5) is 27.6. The van der Waals surface area contributed by atoms with Crippen LogP contribution < -0.4 is 9.62 Å². The van der Waals surface area contributed by atoms with E-state index in [-0.39, 0.29) is 37.4 Å². The van der Waals surface area contributed by atoms with E-state index in [2.05, 4.69) is 21.2 Å². The van der Waals surface area contributed by atoms with Gasteiger partial charge in [-0.2, -0.15) is 0 Å². The van der Waals surface area contributed by atoms with E-state index in [1.54, 1.807) is 11.8 Å². The molecule has 2 amide bonds. The van der Waals surface area contributed by atoms with Crippen LogP contribution in [-0.4, -0.2) is 50.0 Å². The summed E-state index contributed by atoms with van der Waals surface area (Å²) in [7, 11) is -3.53. The maximum absolute atomic E-state index is 13.3. The summed E-state index contributed by atoms with van der Waals surface area (Å²) in [6.45, 7) is 9.75. The van der Waals surface area contributed by atoms with E-state index in [1.165, 1.54) is 10.6 Å². The maximum Gasteiger partial charge on any atom is 0.242 e. The number of hydrogen-bond donors (Lipinski definition) is 1. The molecule has 0 radical (unpaired) electrons. The number of nitrogens with one attached hydrogen (secondary N) is 1. The standard InChI is InChI=1S/C26H36BrN3O4S/c1-18(2)28-26(32)21(5)29(17-22-9-7-10-23(27)16-22)25(31)11-8-12-30(35(6,33)34)24-14-19(3)13-20(4)15-24/h7,9-10,13-16,18,21H,8,11-12,17H2,1-6H3,(H,28,32)/t21-/m0/s1. The third kappa shape index (κ3) is 8.96. The van der Waals surface area contributed by atoms with Crippen molar-refractivity contribution in [3.8, 4) is 0 Å². The molecule has 0 heterocycles. The molecule has 0 saturated carbocycles. The van der Waals surface area contributed by atoms with Crippen LogP contribution in [0.25, 0.3) is 0 Å². The number of rotatable bonds is 11. The fourth-order valence-electron chi connectivity index (χ4n) is 3.92. The van der Waals surface area contributed by atoms with Gasteiger partial charge in [-0.3, -0.25) is 13.9 Å². The number of carbonyl (C=O) groups excluding carboxylic acids is 2. The van der Waals surface area contributed by atoms with Crippen molar-refractivity contribution in [2.75, 3.05) is 17.1 Å². The van der Waals surface area contributed by atoms with Crippen LogP contribution in [0, 0.1) is 13.8 Å². The Morgan fingerprint density at radius 1 is 1.03 bits per heavy atom. The molecular weight excluding hydrogens is 530 g/mol. The van der Waals surface area contributed by atoms with Crippen molar-refractivity contribution in [2.45, 2.75) is 66.1 Å². The number of aryl methyl sites for hydroxylation is 2. The average Bonchev–Trinajstić information content (AvgIpc) is 2.72. The normalized spacial score (nSPS) is 12.3. The van der Waals surface area contributed by atoms with Gasteiger partial charge in [0.2, 0.25) is 21.8 Å². The smallest absolute Gasteiger partial charge is 0.242 e. The first-order valence-electron chi connectivity index (χ1n) is 11.7. The molecule has 0 aliphatic heterocycles. The van der Waals surface area contributed by atoms with Crippen molar-refractivity contribution in [1.82, 2.24) is 10.2 Å². The van der Waals surface area contributed by atoms with Gasteiger partial charge in [-0.1, -0.05) is 34.1 Å². The van der Waals surface area contributed by atoms with Crippen LogP contribution in [0.15, 0.2) is 46.9 Å². The summed E-state index contributed by atoms with van der Waals surface area (Å²) in [6.07, 6.45) is 1.61. The predicted molar refractivity (Wildman–Crippen MR) is 145 cm³/mol. The lowest BCUT2D eigenvalue weighted by atomic mass is 10.1. The molecule has 0 aromatic heterocycles. The highest BCUT2D eigenvalue weighted by Crippen LogP contribution is 2.22. The molecule has 7 nitrogen and oxygen atoms in total. The molecule has 0 spiro atoms. The highest BCUT2D eigenvalue weighted by Gasteiger charge is 2.27. The van der Waals surface area contributed by atoms with Crippen LogP contribution in [0.3, 0.4) is 0 Å². The lowest BCUT2D eigenvalue weighted by Crippen LogP contribution is -2.49. The molecule has 0 aliphatic carbocycles. The highest BCUT2D eigenvalue weighted by molar-refractivity contribution is 9.10. The Hall–Kier alpha value is -2.39. The van der Waals surface area contributed by atoms with Crippen LogP contribution >= 0.6 is 15.9 Å². The number of halogens is 1. The summed E-state index contributed by atoms with van der Waals surface area (Å²) < 4.78 is 27.3. The lowest BCUT2D eigenvalue weighted by molar-refractivity contribution is -0.140. The zero-order valence-electron chi connectivity index (χ0n) is 21.3. The third-order valence-corrected chi connectivity index (χ3v) is 7.17. The Labute approximate surface area is 218 Å². The second-order valence-corrected chi connectivity index (χ2v) is 12.1. The molecule has 35 heavy (non-hydrogen) atoms. The van der Waals surface area contributed by atoms with Gasteiger partial charge in [0.1, 0.15) is 6.04 Å². The van der Waals surface area contributed by atoms with E-state index in [4.69, 9.17) is 0 Å². The number of nitrogens with zero attached hydrogens (tertiary/aromatic N) is 2. The molecule has 2 aromatic carbocycles. The lowest BCUT2D eigenvalue weighted by Gasteiger charge is -2.30. The Bertz CT molecular complexity index is 1130. The summed E-state index contributed by atoms with van der Waals surface area (Å²) >= 11 is 3.45. The van der Waals surface area contributed by atoms with Crippen molar-refractivity contribution in [3.63, 3.8) is 0 Å². The predicted octanol–water partition coefficient (Wildman–Crippen LogP) is 4.55. The molecule has 2 rings (SSSR count). The second-order valence-electron chi connectivity index (χ2n) is 9.28. The zero-order chi connectivity index (χ0) is 26.3. The Kier molecular flexibility index (Phi) is 10.3. The Balaban J connectivity index is 2.20. The van der Waals surface area contributed by atoms with Gasteiger partial charge in [0, 0.05) is 30.0 Å². The Morgan fingerprint density at radius 2 is 1.66 bits per heavy atom. The van der Waals surface area contributed by atoms with Crippen molar-refractivity contribution >= 4 is 43.5 Å². The quantitative estimate of drug-likeness (QED) is 0.433. The number of amides is 2. The van der Waals surface area contributed by atoms with E-state index >= 15 is 0 Å². The minimum Gasteiger partial charge on any atom is -0.352 e. The molecule has 0 bridgehead atoms. The molecule has 2 aromatic rings. The van der Waals surface area contributed by atoms with Gasteiger partial charge in [-0.25, -0.2) is 8.42 Å². The molecule has 192 valence electrons. The highest BCUT2D eigenvalue weighted by atomic mass is 79.9. The van der Waals surface area contributed by atoms with Gasteiger partial charge in [0.05, 0.1) is 11.9 Å². The van der Waals surface area contributed by atoms with Crippen LogP contribution in [0.5, 0.6) is 0 Å². The molecular formula is C26H36BrN3O4S.